The van der Waals surface area contributed by atoms with E-state index >= 15 is 0 Å². The molecule has 0 spiro atoms. The molecule has 5 heteroatoms. The van der Waals surface area contributed by atoms with Gasteiger partial charge in [-0.05, 0) is 37.1 Å². The number of hydrogen-bond acceptors (Lipinski definition) is 3. The van der Waals surface area contributed by atoms with Crippen molar-refractivity contribution in [3.05, 3.63) is 48.0 Å². The van der Waals surface area contributed by atoms with Gasteiger partial charge in [0.1, 0.15) is 5.54 Å². The summed E-state index contributed by atoms with van der Waals surface area (Å²) < 4.78 is 0. The first-order valence-corrected chi connectivity index (χ1v) is 7.57. The molecule has 1 aliphatic rings. The average molecular weight is 312 g/mol. The van der Waals surface area contributed by atoms with Crippen LogP contribution in [0.2, 0.25) is 0 Å². The number of fused-ring (bicyclic) bond motifs is 1. The molecule has 0 aromatic heterocycles. The van der Waals surface area contributed by atoms with Crippen LogP contribution in [0.25, 0.3) is 10.8 Å². The molecule has 1 saturated heterocycles. The summed E-state index contributed by atoms with van der Waals surface area (Å²) in [5, 5.41) is 14.7. The van der Waals surface area contributed by atoms with Gasteiger partial charge in [-0.3, -0.25) is 9.69 Å². The largest absolute Gasteiger partial charge is 0.389 e. The van der Waals surface area contributed by atoms with E-state index in [1.165, 1.54) is 0 Å². The van der Waals surface area contributed by atoms with Crippen molar-refractivity contribution >= 4 is 22.7 Å². The molecule has 0 saturated carbocycles. The SMILES string of the molecule is CC(C)(O)CN1C(=O)NC(C)(c2cccc3ccccc23)C1=O. The van der Waals surface area contributed by atoms with E-state index in [0.717, 1.165) is 21.2 Å². The monoisotopic (exact) mass is 312 g/mol. The lowest BCUT2D eigenvalue weighted by molar-refractivity contribution is -0.133. The summed E-state index contributed by atoms with van der Waals surface area (Å²) >= 11 is 0. The van der Waals surface area contributed by atoms with Crippen LogP contribution in [0.4, 0.5) is 4.79 Å². The lowest BCUT2D eigenvalue weighted by Crippen LogP contribution is -2.44. The molecule has 2 aromatic carbocycles. The molecule has 2 aromatic rings. The van der Waals surface area contributed by atoms with Crippen molar-refractivity contribution in [1.82, 2.24) is 10.2 Å². The summed E-state index contributed by atoms with van der Waals surface area (Å²) in [5.74, 6) is -0.346. The number of amides is 3. The van der Waals surface area contributed by atoms with Gasteiger partial charge in [-0.25, -0.2) is 4.79 Å². The number of carbonyl (C=O) groups excluding carboxylic acids is 2. The van der Waals surface area contributed by atoms with Crippen LogP contribution in [0.15, 0.2) is 42.5 Å². The molecule has 1 heterocycles. The third-order valence-corrected chi connectivity index (χ3v) is 4.15. The van der Waals surface area contributed by atoms with Gasteiger partial charge >= 0.3 is 6.03 Å². The molecule has 3 amide bonds. The smallest absolute Gasteiger partial charge is 0.325 e. The average Bonchev–Trinajstić information content (AvgIpc) is 2.70. The minimum absolute atomic E-state index is 0.0436. The molecule has 1 unspecified atom stereocenters. The van der Waals surface area contributed by atoms with E-state index in [2.05, 4.69) is 5.32 Å². The van der Waals surface area contributed by atoms with Gasteiger partial charge in [-0.2, -0.15) is 0 Å². The normalized spacial score (nSPS) is 21.8. The van der Waals surface area contributed by atoms with Gasteiger partial charge in [0.15, 0.2) is 0 Å². The minimum Gasteiger partial charge on any atom is -0.389 e. The molecule has 0 radical (unpaired) electrons. The number of benzene rings is 2. The fourth-order valence-corrected chi connectivity index (χ4v) is 3.07. The second kappa shape index (κ2) is 5.06. The van der Waals surface area contributed by atoms with Crippen LogP contribution in [0.5, 0.6) is 0 Å². The van der Waals surface area contributed by atoms with E-state index in [0.29, 0.717) is 0 Å². The molecule has 23 heavy (non-hydrogen) atoms. The van der Waals surface area contributed by atoms with Crippen molar-refractivity contribution in [3.63, 3.8) is 0 Å². The van der Waals surface area contributed by atoms with E-state index in [4.69, 9.17) is 0 Å². The molecule has 5 nitrogen and oxygen atoms in total. The first kappa shape index (κ1) is 15.5. The van der Waals surface area contributed by atoms with Crippen LogP contribution in [-0.4, -0.2) is 34.1 Å². The Kier molecular flexibility index (Phi) is 3.41. The highest BCUT2D eigenvalue weighted by atomic mass is 16.3. The number of hydrogen-bond donors (Lipinski definition) is 2. The predicted octanol–water partition coefficient (Wildman–Crippen LogP) is 2.38. The Labute approximate surface area is 134 Å². The van der Waals surface area contributed by atoms with Crippen molar-refractivity contribution in [2.45, 2.75) is 31.9 Å². The predicted molar refractivity (Wildman–Crippen MR) is 87.8 cm³/mol. The van der Waals surface area contributed by atoms with E-state index in [9.17, 15) is 14.7 Å². The highest BCUT2D eigenvalue weighted by Crippen LogP contribution is 2.34. The molecule has 2 N–H and O–H groups in total. The van der Waals surface area contributed by atoms with Gasteiger partial charge in [-0.1, -0.05) is 42.5 Å². The Bertz CT molecular complexity index is 789. The van der Waals surface area contributed by atoms with Crippen LogP contribution < -0.4 is 5.32 Å². The summed E-state index contributed by atoms with van der Waals surface area (Å²) in [6, 6.07) is 13.0. The van der Waals surface area contributed by atoms with Crippen LogP contribution in [0, 0.1) is 0 Å². The number of β-amino-alcohol motifs (C(OH)–C–C–N with tert-alkyl or cyclic N) is 1. The zero-order valence-corrected chi connectivity index (χ0v) is 13.5. The fourth-order valence-electron chi connectivity index (χ4n) is 3.07. The maximum atomic E-state index is 12.9. The van der Waals surface area contributed by atoms with Crippen molar-refractivity contribution in [3.8, 4) is 0 Å². The molecular weight excluding hydrogens is 292 g/mol. The minimum atomic E-state index is -1.14. The number of imide groups is 1. The molecule has 1 fully saturated rings. The van der Waals surface area contributed by atoms with E-state index < -0.39 is 17.2 Å². The zero-order valence-electron chi connectivity index (χ0n) is 13.5. The third-order valence-electron chi connectivity index (χ3n) is 4.15. The summed E-state index contributed by atoms with van der Waals surface area (Å²) in [6.45, 7) is 4.81. The van der Waals surface area contributed by atoms with Crippen LogP contribution >= 0.6 is 0 Å². The van der Waals surface area contributed by atoms with Gasteiger partial charge in [-0.15, -0.1) is 0 Å². The standard InChI is InChI=1S/C18H20N2O3/c1-17(2,23)11-20-15(21)18(3,19-16(20)22)14-10-6-8-12-7-4-5-9-13(12)14/h4-10,23H,11H2,1-3H3,(H,19,22). The third kappa shape index (κ3) is 2.57. The summed E-state index contributed by atoms with van der Waals surface area (Å²) in [5.41, 5.74) is -1.52. The van der Waals surface area contributed by atoms with Crippen molar-refractivity contribution < 1.29 is 14.7 Å². The number of urea groups is 1. The van der Waals surface area contributed by atoms with E-state index in [-0.39, 0.29) is 12.5 Å². The second-order valence-corrected chi connectivity index (χ2v) is 6.79. The van der Waals surface area contributed by atoms with Gasteiger partial charge in [0.2, 0.25) is 0 Å². The Morgan fingerprint density at radius 1 is 1.13 bits per heavy atom. The number of rotatable bonds is 3. The highest BCUT2D eigenvalue weighted by molar-refractivity contribution is 6.09. The highest BCUT2D eigenvalue weighted by Gasteiger charge is 2.50. The quantitative estimate of drug-likeness (QED) is 0.855. The maximum absolute atomic E-state index is 12.9. The lowest BCUT2D eigenvalue weighted by atomic mass is 9.87. The van der Waals surface area contributed by atoms with Crippen LogP contribution in [-0.2, 0) is 10.3 Å². The van der Waals surface area contributed by atoms with Gasteiger partial charge in [0.25, 0.3) is 5.91 Å². The molecule has 0 bridgehead atoms. The molecule has 0 aliphatic carbocycles. The zero-order chi connectivity index (χ0) is 16.8. The van der Waals surface area contributed by atoms with Crippen LogP contribution in [0.1, 0.15) is 26.3 Å². The summed E-state index contributed by atoms with van der Waals surface area (Å²) in [4.78, 5) is 26.2. The van der Waals surface area contributed by atoms with E-state index in [1.54, 1.807) is 20.8 Å². The molecule has 120 valence electrons. The van der Waals surface area contributed by atoms with E-state index in [1.807, 2.05) is 42.5 Å². The molecule has 1 atom stereocenters. The Morgan fingerprint density at radius 3 is 2.48 bits per heavy atom. The lowest BCUT2D eigenvalue weighted by Gasteiger charge is -2.26. The van der Waals surface area contributed by atoms with Crippen LogP contribution in [0.3, 0.4) is 0 Å². The maximum Gasteiger partial charge on any atom is 0.325 e. The van der Waals surface area contributed by atoms with Gasteiger partial charge < -0.3 is 10.4 Å². The Balaban J connectivity index is 2.08. The number of aliphatic hydroxyl groups is 1. The fraction of sp³-hybridized carbons (Fsp3) is 0.333. The summed E-state index contributed by atoms with van der Waals surface area (Å²) in [6.07, 6.45) is 0. The van der Waals surface area contributed by atoms with Gasteiger partial charge in [0.05, 0.1) is 12.1 Å². The van der Waals surface area contributed by atoms with Crippen molar-refractivity contribution in [2.75, 3.05) is 6.54 Å². The van der Waals surface area contributed by atoms with Crippen molar-refractivity contribution in [1.29, 1.82) is 0 Å². The topological polar surface area (TPSA) is 69.6 Å². The molecule has 1 aliphatic heterocycles. The summed E-state index contributed by atoms with van der Waals surface area (Å²) in [7, 11) is 0. The Morgan fingerprint density at radius 2 is 1.78 bits per heavy atom. The number of nitrogens with one attached hydrogen (secondary N) is 1. The number of carbonyl (C=O) groups is 2. The number of nitrogens with zero attached hydrogens (tertiary/aromatic N) is 1. The van der Waals surface area contributed by atoms with Crippen molar-refractivity contribution in [2.24, 2.45) is 0 Å². The molecule has 3 rings (SSSR count). The Hall–Kier alpha value is -2.40. The molecular formula is C18H20N2O3. The second-order valence-electron chi connectivity index (χ2n) is 6.79. The van der Waals surface area contributed by atoms with Gasteiger partial charge in [0, 0.05) is 0 Å². The first-order valence-electron chi connectivity index (χ1n) is 7.57. The first-order chi connectivity index (χ1) is 10.7.